The van der Waals surface area contributed by atoms with Crippen LogP contribution in [0, 0.1) is 6.92 Å². The van der Waals surface area contributed by atoms with Crippen LogP contribution in [-0.2, 0) is 4.79 Å². The first-order valence-electron chi connectivity index (χ1n) is 7.88. The summed E-state index contributed by atoms with van der Waals surface area (Å²) in [6, 6.07) is 7.97. The van der Waals surface area contributed by atoms with E-state index in [4.69, 9.17) is 0 Å². The first-order chi connectivity index (χ1) is 10.2. The summed E-state index contributed by atoms with van der Waals surface area (Å²) in [6.45, 7) is 6.86. The Morgan fingerprint density at radius 3 is 2.81 bits per heavy atom. The van der Waals surface area contributed by atoms with Gasteiger partial charge in [0.2, 0.25) is 5.91 Å². The molecule has 0 bridgehead atoms. The van der Waals surface area contributed by atoms with Crippen LogP contribution in [0.15, 0.2) is 24.3 Å². The Kier molecular flexibility index (Phi) is 6.58. The number of rotatable bonds is 5. The highest BCUT2D eigenvalue weighted by Gasteiger charge is 2.19. The number of nitrogens with one attached hydrogen (secondary N) is 1. The van der Waals surface area contributed by atoms with E-state index < -0.39 is 0 Å². The zero-order valence-corrected chi connectivity index (χ0v) is 13.9. The summed E-state index contributed by atoms with van der Waals surface area (Å²) >= 11 is 2.03. The predicted molar refractivity (Wildman–Crippen MR) is 92.0 cm³/mol. The molecule has 1 aliphatic rings. The lowest BCUT2D eigenvalue weighted by molar-refractivity contribution is -0.117. The Labute approximate surface area is 132 Å². The second-order valence-corrected chi connectivity index (χ2v) is 7.30. The number of likely N-dealkylation sites (tertiary alicyclic amines) is 1. The number of hydrogen-bond acceptors (Lipinski definition) is 3. The van der Waals surface area contributed by atoms with Crippen molar-refractivity contribution < 1.29 is 4.79 Å². The van der Waals surface area contributed by atoms with Gasteiger partial charge in [0.25, 0.3) is 0 Å². The molecule has 1 heterocycles. The van der Waals surface area contributed by atoms with Crippen LogP contribution in [0.3, 0.4) is 0 Å². The molecule has 116 valence electrons. The minimum Gasteiger partial charge on any atom is -0.325 e. The average Bonchev–Trinajstić information content (AvgIpc) is 2.67. The second kappa shape index (κ2) is 8.44. The van der Waals surface area contributed by atoms with Gasteiger partial charge in [0.15, 0.2) is 0 Å². The summed E-state index contributed by atoms with van der Waals surface area (Å²) in [5.74, 6) is 1.26. The molecule has 0 spiro atoms. The molecule has 21 heavy (non-hydrogen) atoms. The number of hydrogen-bond donors (Lipinski definition) is 1. The third-order valence-corrected chi connectivity index (χ3v) is 5.01. The van der Waals surface area contributed by atoms with Crippen LogP contribution in [-0.4, -0.2) is 41.4 Å². The first-order valence-corrected chi connectivity index (χ1v) is 8.92. The van der Waals surface area contributed by atoms with E-state index >= 15 is 0 Å². The zero-order valence-electron chi connectivity index (χ0n) is 13.1. The summed E-state index contributed by atoms with van der Waals surface area (Å²) in [5, 5.41) is 3.68. The summed E-state index contributed by atoms with van der Waals surface area (Å²) in [7, 11) is 0. The Balaban J connectivity index is 1.84. The number of benzene rings is 1. The van der Waals surface area contributed by atoms with Crippen molar-refractivity contribution in [2.45, 2.75) is 38.4 Å². The fraction of sp³-hybridized carbons (Fsp3) is 0.588. The molecule has 1 fully saturated rings. The van der Waals surface area contributed by atoms with Gasteiger partial charge in [0.1, 0.15) is 0 Å². The molecule has 1 atom stereocenters. The van der Waals surface area contributed by atoms with Crippen molar-refractivity contribution in [1.29, 1.82) is 0 Å². The molecule has 0 aromatic heterocycles. The highest BCUT2D eigenvalue weighted by atomic mass is 32.2. The molecular formula is C17H26N2OS. The van der Waals surface area contributed by atoms with Gasteiger partial charge in [-0.1, -0.05) is 31.0 Å². The number of anilines is 1. The van der Waals surface area contributed by atoms with Crippen molar-refractivity contribution in [2.24, 2.45) is 0 Å². The fourth-order valence-corrected chi connectivity index (χ4v) is 3.85. The van der Waals surface area contributed by atoms with E-state index in [1.807, 2.05) is 43.0 Å². The third kappa shape index (κ3) is 5.71. The van der Waals surface area contributed by atoms with Gasteiger partial charge in [-0.25, -0.2) is 0 Å². The molecule has 0 aliphatic carbocycles. The molecule has 1 aromatic carbocycles. The van der Waals surface area contributed by atoms with Crippen LogP contribution in [0.2, 0.25) is 0 Å². The van der Waals surface area contributed by atoms with Gasteiger partial charge in [-0.05, 0) is 44.2 Å². The Morgan fingerprint density at radius 2 is 2.10 bits per heavy atom. The van der Waals surface area contributed by atoms with Gasteiger partial charge in [0, 0.05) is 17.5 Å². The van der Waals surface area contributed by atoms with E-state index in [0.29, 0.717) is 11.8 Å². The molecule has 1 saturated heterocycles. The quantitative estimate of drug-likeness (QED) is 0.903. The molecule has 3 nitrogen and oxygen atoms in total. The maximum Gasteiger partial charge on any atom is 0.238 e. The van der Waals surface area contributed by atoms with Gasteiger partial charge in [-0.2, -0.15) is 11.8 Å². The Morgan fingerprint density at radius 1 is 1.33 bits per heavy atom. The van der Waals surface area contributed by atoms with Crippen LogP contribution in [0.4, 0.5) is 5.69 Å². The Hall–Kier alpha value is -1.00. The number of amides is 1. The molecule has 1 amide bonds. The molecule has 4 heteroatoms. The number of aryl methyl sites for hydroxylation is 1. The summed E-state index contributed by atoms with van der Waals surface area (Å²) in [5.41, 5.74) is 2.10. The van der Waals surface area contributed by atoms with Crippen LogP contribution in [0.1, 0.15) is 31.7 Å². The molecule has 2 rings (SSSR count). The largest absolute Gasteiger partial charge is 0.325 e. The highest BCUT2D eigenvalue weighted by molar-refractivity contribution is 7.99. The molecule has 1 N–H and O–H groups in total. The lowest BCUT2D eigenvalue weighted by Crippen LogP contribution is -2.36. The smallest absolute Gasteiger partial charge is 0.238 e. The average molecular weight is 306 g/mol. The first kappa shape index (κ1) is 16.4. The summed E-state index contributed by atoms with van der Waals surface area (Å²) in [6.07, 6.45) is 3.78. The van der Waals surface area contributed by atoms with E-state index in [1.54, 1.807) is 0 Å². The second-order valence-electron chi connectivity index (χ2n) is 5.72. The molecule has 0 radical (unpaired) electrons. The maximum atomic E-state index is 12.2. The number of thioether (sulfide) groups is 1. The highest BCUT2D eigenvalue weighted by Crippen LogP contribution is 2.21. The maximum absolute atomic E-state index is 12.2. The van der Waals surface area contributed by atoms with Gasteiger partial charge in [-0.3, -0.25) is 9.69 Å². The van der Waals surface area contributed by atoms with E-state index in [2.05, 4.69) is 17.1 Å². The lowest BCUT2D eigenvalue weighted by Gasteiger charge is -2.23. The Bertz CT molecular complexity index is 447. The topological polar surface area (TPSA) is 32.3 Å². The zero-order chi connectivity index (χ0) is 15.1. The molecule has 1 aliphatic heterocycles. The van der Waals surface area contributed by atoms with Crippen molar-refractivity contribution in [1.82, 2.24) is 4.90 Å². The van der Waals surface area contributed by atoms with Crippen molar-refractivity contribution in [3.8, 4) is 0 Å². The molecule has 1 aromatic rings. The van der Waals surface area contributed by atoms with E-state index in [0.717, 1.165) is 24.5 Å². The van der Waals surface area contributed by atoms with E-state index in [9.17, 15) is 4.79 Å². The molecule has 0 saturated carbocycles. The molecule has 1 unspecified atom stereocenters. The lowest BCUT2D eigenvalue weighted by atomic mass is 10.2. The van der Waals surface area contributed by atoms with Crippen LogP contribution >= 0.6 is 11.8 Å². The fourth-order valence-electron chi connectivity index (χ4n) is 2.73. The number of carbonyl (C=O) groups excluding carboxylic acids is 1. The predicted octanol–water partition coefficient (Wildman–Crippen LogP) is 3.54. The third-order valence-electron chi connectivity index (χ3n) is 3.82. The van der Waals surface area contributed by atoms with Crippen molar-refractivity contribution in [2.75, 3.05) is 30.7 Å². The number of nitrogens with zero attached hydrogens (tertiary/aromatic N) is 1. The summed E-state index contributed by atoms with van der Waals surface area (Å²) in [4.78, 5) is 14.5. The van der Waals surface area contributed by atoms with Gasteiger partial charge in [-0.15, -0.1) is 0 Å². The minimum absolute atomic E-state index is 0.0981. The van der Waals surface area contributed by atoms with Crippen molar-refractivity contribution in [3.05, 3.63) is 29.8 Å². The van der Waals surface area contributed by atoms with Crippen molar-refractivity contribution in [3.63, 3.8) is 0 Å². The summed E-state index contributed by atoms with van der Waals surface area (Å²) < 4.78 is 0. The van der Waals surface area contributed by atoms with Crippen LogP contribution in [0.5, 0.6) is 0 Å². The van der Waals surface area contributed by atoms with Crippen molar-refractivity contribution >= 4 is 23.4 Å². The minimum atomic E-state index is 0.0981. The monoisotopic (exact) mass is 306 g/mol. The van der Waals surface area contributed by atoms with Gasteiger partial charge in [0.05, 0.1) is 6.54 Å². The van der Waals surface area contributed by atoms with E-state index in [-0.39, 0.29) is 5.91 Å². The van der Waals surface area contributed by atoms with Gasteiger partial charge >= 0.3 is 0 Å². The van der Waals surface area contributed by atoms with E-state index in [1.165, 1.54) is 24.8 Å². The SMILES string of the molecule is CCSC1CCCCN(CC(=O)Nc2ccc(C)cc2)C1. The standard InChI is InChI=1S/C17H26N2OS/c1-3-21-16-6-4-5-11-19(12-16)13-17(20)18-15-9-7-14(2)8-10-15/h7-10,16H,3-6,11-13H2,1-2H3,(H,18,20). The van der Waals surface area contributed by atoms with Crippen LogP contribution < -0.4 is 5.32 Å². The normalized spacial score (nSPS) is 20.0. The van der Waals surface area contributed by atoms with Gasteiger partial charge < -0.3 is 5.32 Å². The molecular weight excluding hydrogens is 280 g/mol. The van der Waals surface area contributed by atoms with Crippen LogP contribution in [0.25, 0.3) is 0 Å². The number of carbonyl (C=O) groups is 1.